The van der Waals surface area contributed by atoms with Crippen molar-refractivity contribution >= 4 is 66.1 Å². The fourth-order valence-corrected chi connectivity index (χ4v) is 3.67. The molecule has 0 aliphatic carbocycles. The molecule has 0 unspecified atom stereocenters. The van der Waals surface area contributed by atoms with E-state index in [1.165, 1.54) is 6.21 Å². The predicted molar refractivity (Wildman–Crippen MR) is 104 cm³/mol. The molecule has 2 aromatic carbocycles. The van der Waals surface area contributed by atoms with Gasteiger partial charge in [0.2, 0.25) is 0 Å². The Labute approximate surface area is 158 Å². The van der Waals surface area contributed by atoms with E-state index < -0.39 is 0 Å². The Morgan fingerprint density at radius 3 is 2.88 bits per heavy atom. The van der Waals surface area contributed by atoms with Crippen LogP contribution in [0.15, 0.2) is 50.4 Å². The van der Waals surface area contributed by atoms with Gasteiger partial charge >= 0.3 is 0 Å². The highest BCUT2D eigenvalue weighted by atomic mass is 79.9. The van der Waals surface area contributed by atoms with Crippen LogP contribution < -0.4 is 5.43 Å². The summed E-state index contributed by atoms with van der Waals surface area (Å²) >= 11 is 6.64. The second-order valence-electron chi connectivity index (χ2n) is 5.20. The van der Waals surface area contributed by atoms with E-state index in [0.717, 1.165) is 15.4 Å². The van der Waals surface area contributed by atoms with Gasteiger partial charge in [0.15, 0.2) is 5.65 Å². The summed E-state index contributed by atoms with van der Waals surface area (Å²) in [6.07, 6.45) is 1.48. The molecule has 4 aromatic rings. The lowest BCUT2D eigenvalue weighted by atomic mass is 10.2. The zero-order valence-electron chi connectivity index (χ0n) is 12.5. The van der Waals surface area contributed by atoms with Gasteiger partial charge in [0.05, 0.1) is 10.7 Å². The van der Waals surface area contributed by atoms with Gasteiger partial charge in [0.25, 0.3) is 5.95 Å². The summed E-state index contributed by atoms with van der Waals surface area (Å²) in [5, 5.41) is 23.3. The lowest BCUT2D eigenvalue weighted by Crippen LogP contribution is -1.99. The molecule has 0 aliphatic rings. The highest BCUT2D eigenvalue weighted by Gasteiger charge is 2.08. The average molecular weight is 462 g/mol. The monoisotopic (exact) mass is 460 g/mol. The Bertz CT molecular complexity index is 1120. The molecule has 0 amide bonds. The molecule has 25 heavy (non-hydrogen) atoms. The topological polar surface area (TPSA) is 99.1 Å². The van der Waals surface area contributed by atoms with Crippen LogP contribution in [0.1, 0.15) is 5.56 Å². The van der Waals surface area contributed by atoms with Crippen LogP contribution in [0.2, 0.25) is 0 Å². The van der Waals surface area contributed by atoms with Crippen LogP contribution in [0.4, 0.5) is 5.95 Å². The molecule has 0 radical (unpaired) electrons. The number of halogens is 2. The van der Waals surface area contributed by atoms with Crippen molar-refractivity contribution < 1.29 is 5.11 Å². The molecule has 124 valence electrons. The van der Waals surface area contributed by atoms with Gasteiger partial charge < -0.3 is 10.1 Å². The van der Waals surface area contributed by atoms with Crippen LogP contribution in [0.25, 0.3) is 22.1 Å². The normalized spacial score (nSPS) is 11.6. The van der Waals surface area contributed by atoms with Crippen molar-refractivity contribution in [3.8, 4) is 5.75 Å². The fraction of sp³-hybridized carbons (Fsp3) is 0. The number of nitrogens with one attached hydrogen (secondary N) is 2. The SMILES string of the molecule is Oc1c(Br)cc(Br)cc1/C=N\Nc1nnc2c(n1)[nH]c1ccccc12. The van der Waals surface area contributed by atoms with Crippen LogP contribution in [-0.2, 0) is 0 Å². The average Bonchev–Trinajstić information content (AvgIpc) is 2.96. The quantitative estimate of drug-likeness (QED) is 0.314. The summed E-state index contributed by atoms with van der Waals surface area (Å²) in [5.41, 5.74) is 5.54. The number of benzene rings is 2. The van der Waals surface area contributed by atoms with Crippen molar-refractivity contribution in [1.29, 1.82) is 0 Å². The summed E-state index contributed by atoms with van der Waals surface area (Å²) in [4.78, 5) is 7.56. The maximum absolute atomic E-state index is 10.0. The number of aromatic nitrogens is 4. The zero-order chi connectivity index (χ0) is 17.4. The second kappa shape index (κ2) is 6.41. The standard InChI is InChI=1S/C16H10Br2N6O/c17-9-5-8(14(25)11(18)6-9)7-19-23-16-21-15-13(22-24-16)10-3-1-2-4-12(10)20-15/h1-7,25H,(H2,20,21,23,24)/b19-7-. The fourth-order valence-electron chi connectivity index (χ4n) is 2.41. The van der Waals surface area contributed by atoms with Gasteiger partial charge in [0, 0.05) is 20.9 Å². The van der Waals surface area contributed by atoms with Crippen molar-refractivity contribution in [2.45, 2.75) is 0 Å². The van der Waals surface area contributed by atoms with E-state index in [2.05, 4.69) is 62.6 Å². The minimum atomic E-state index is 0.0962. The van der Waals surface area contributed by atoms with Crippen LogP contribution in [0.5, 0.6) is 5.75 Å². The van der Waals surface area contributed by atoms with Crippen molar-refractivity contribution in [2.24, 2.45) is 5.10 Å². The molecule has 0 saturated heterocycles. The number of hydrazone groups is 1. The minimum Gasteiger partial charge on any atom is -0.506 e. The number of fused-ring (bicyclic) bond motifs is 3. The first kappa shape index (κ1) is 16.0. The number of hydrogen-bond donors (Lipinski definition) is 3. The summed E-state index contributed by atoms with van der Waals surface area (Å²) in [5.74, 6) is 0.350. The van der Waals surface area contributed by atoms with Gasteiger partial charge in [-0.1, -0.05) is 34.1 Å². The van der Waals surface area contributed by atoms with Gasteiger partial charge in [-0.25, -0.2) is 5.43 Å². The van der Waals surface area contributed by atoms with Gasteiger partial charge in [0.1, 0.15) is 11.3 Å². The smallest absolute Gasteiger partial charge is 0.265 e. The molecule has 9 heteroatoms. The lowest BCUT2D eigenvalue weighted by Gasteiger charge is -2.03. The molecule has 4 rings (SSSR count). The van der Waals surface area contributed by atoms with Gasteiger partial charge in [-0.3, -0.25) is 0 Å². The Morgan fingerprint density at radius 2 is 2.00 bits per heavy atom. The number of para-hydroxylation sites is 1. The van der Waals surface area contributed by atoms with Crippen molar-refractivity contribution in [3.05, 3.63) is 50.9 Å². The molecule has 0 bridgehead atoms. The number of anilines is 1. The highest BCUT2D eigenvalue weighted by molar-refractivity contribution is 9.11. The Balaban J connectivity index is 1.62. The first-order chi connectivity index (χ1) is 12.1. The molecule has 0 saturated carbocycles. The molecule has 2 aromatic heterocycles. The summed E-state index contributed by atoms with van der Waals surface area (Å²) < 4.78 is 1.39. The molecule has 0 aliphatic heterocycles. The third-order valence-electron chi connectivity index (χ3n) is 3.55. The van der Waals surface area contributed by atoms with E-state index >= 15 is 0 Å². The number of hydrogen-bond acceptors (Lipinski definition) is 6. The Kier molecular flexibility index (Phi) is 4.10. The third kappa shape index (κ3) is 3.08. The number of H-pyrrole nitrogens is 1. The molecule has 7 nitrogen and oxygen atoms in total. The maximum Gasteiger partial charge on any atom is 0.265 e. The van der Waals surface area contributed by atoms with Crippen molar-refractivity contribution in [3.63, 3.8) is 0 Å². The number of phenols is 1. The van der Waals surface area contributed by atoms with E-state index in [4.69, 9.17) is 0 Å². The van der Waals surface area contributed by atoms with Crippen molar-refractivity contribution in [1.82, 2.24) is 20.2 Å². The number of rotatable bonds is 3. The number of aromatic hydroxyl groups is 1. The van der Waals surface area contributed by atoms with E-state index in [-0.39, 0.29) is 11.7 Å². The molecule has 2 heterocycles. The van der Waals surface area contributed by atoms with E-state index in [1.54, 1.807) is 12.1 Å². The highest BCUT2D eigenvalue weighted by Crippen LogP contribution is 2.30. The molecule has 0 fully saturated rings. The number of phenolic OH excluding ortho intramolecular Hbond substituents is 1. The largest absolute Gasteiger partial charge is 0.506 e. The second-order valence-corrected chi connectivity index (χ2v) is 6.97. The first-order valence-corrected chi connectivity index (χ1v) is 8.78. The van der Waals surface area contributed by atoms with Crippen molar-refractivity contribution in [2.75, 3.05) is 5.43 Å². The number of aromatic amines is 1. The minimum absolute atomic E-state index is 0.0962. The molecule has 3 N–H and O–H groups in total. The van der Waals surface area contributed by atoms with Crippen LogP contribution in [-0.4, -0.2) is 31.5 Å². The first-order valence-electron chi connectivity index (χ1n) is 7.20. The van der Waals surface area contributed by atoms with E-state index in [0.29, 0.717) is 21.2 Å². The van der Waals surface area contributed by atoms with Crippen LogP contribution in [0.3, 0.4) is 0 Å². The lowest BCUT2D eigenvalue weighted by molar-refractivity contribution is 0.471. The van der Waals surface area contributed by atoms with Gasteiger partial charge in [-0.2, -0.15) is 10.1 Å². The Morgan fingerprint density at radius 1 is 1.16 bits per heavy atom. The summed E-state index contributed by atoms with van der Waals surface area (Å²) in [6.45, 7) is 0. The molecular weight excluding hydrogens is 452 g/mol. The molecular formula is C16H10Br2N6O. The maximum atomic E-state index is 10.0. The van der Waals surface area contributed by atoms with Gasteiger partial charge in [-0.05, 0) is 34.1 Å². The molecule has 0 atom stereocenters. The number of nitrogens with zero attached hydrogens (tertiary/aromatic N) is 4. The Hall–Kier alpha value is -2.52. The van der Waals surface area contributed by atoms with Gasteiger partial charge in [-0.15, -0.1) is 10.2 Å². The zero-order valence-corrected chi connectivity index (χ0v) is 15.7. The van der Waals surface area contributed by atoms with Crippen LogP contribution >= 0.6 is 31.9 Å². The summed E-state index contributed by atoms with van der Waals surface area (Å²) in [7, 11) is 0. The predicted octanol–water partition coefficient (Wildman–Crippen LogP) is 4.18. The summed E-state index contributed by atoms with van der Waals surface area (Å²) in [6, 6.07) is 11.3. The van der Waals surface area contributed by atoms with E-state index in [1.807, 2.05) is 24.3 Å². The van der Waals surface area contributed by atoms with E-state index in [9.17, 15) is 5.11 Å². The molecule has 0 spiro atoms. The third-order valence-corrected chi connectivity index (χ3v) is 4.61. The van der Waals surface area contributed by atoms with Crippen LogP contribution in [0, 0.1) is 0 Å².